The highest BCUT2D eigenvalue weighted by Crippen LogP contribution is 2.16. The average Bonchev–Trinajstić information content (AvgIpc) is 2.54. The third-order valence-corrected chi connectivity index (χ3v) is 3.66. The largest absolute Gasteiger partial charge is 0.482 e. The second-order valence-corrected chi connectivity index (χ2v) is 6.15. The second-order valence-electron chi connectivity index (χ2n) is 5.23. The molecule has 0 spiro atoms. The Hall–Kier alpha value is -2.34. The summed E-state index contributed by atoms with van der Waals surface area (Å²) in [6.45, 7) is 3.19. The number of ether oxygens (including phenoxy) is 2. The molecule has 5 nitrogen and oxygen atoms in total. The van der Waals surface area contributed by atoms with E-state index in [1.54, 1.807) is 30.3 Å². The van der Waals surface area contributed by atoms with Gasteiger partial charge in [0, 0.05) is 10.2 Å². The third kappa shape index (κ3) is 5.70. The van der Waals surface area contributed by atoms with Crippen molar-refractivity contribution in [1.29, 1.82) is 0 Å². The number of halogens is 1. The van der Waals surface area contributed by atoms with Gasteiger partial charge in [-0.15, -0.1) is 0 Å². The van der Waals surface area contributed by atoms with E-state index in [2.05, 4.69) is 21.2 Å². The van der Waals surface area contributed by atoms with Gasteiger partial charge in [0.15, 0.2) is 12.7 Å². The van der Waals surface area contributed by atoms with Crippen molar-refractivity contribution in [3.8, 4) is 5.75 Å². The Morgan fingerprint density at radius 3 is 2.54 bits per heavy atom. The molecule has 2 aromatic carbocycles. The second kappa shape index (κ2) is 8.49. The Morgan fingerprint density at radius 1 is 1.17 bits per heavy atom. The van der Waals surface area contributed by atoms with Crippen LogP contribution in [-0.2, 0) is 14.3 Å². The van der Waals surface area contributed by atoms with Crippen LogP contribution in [0.3, 0.4) is 0 Å². The molecule has 0 saturated heterocycles. The summed E-state index contributed by atoms with van der Waals surface area (Å²) in [6.07, 6.45) is -0.911. The van der Waals surface area contributed by atoms with Crippen LogP contribution in [0.15, 0.2) is 53.0 Å². The summed E-state index contributed by atoms with van der Waals surface area (Å²) in [6, 6.07) is 14.4. The summed E-state index contributed by atoms with van der Waals surface area (Å²) >= 11 is 3.31. The van der Waals surface area contributed by atoms with E-state index >= 15 is 0 Å². The van der Waals surface area contributed by atoms with Crippen molar-refractivity contribution in [2.24, 2.45) is 0 Å². The van der Waals surface area contributed by atoms with Crippen molar-refractivity contribution in [3.05, 3.63) is 58.6 Å². The molecule has 126 valence electrons. The summed E-state index contributed by atoms with van der Waals surface area (Å²) < 4.78 is 11.3. The lowest BCUT2D eigenvalue weighted by atomic mass is 10.2. The lowest BCUT2D eigenvalue weighted by Gasteiger charge is -2.14. The molecule has 0 saturated carbocycles. The fourth-order valence-electron chi connectivity index (χ4n) is 1.92. The number of hydrogen-bond donors (Lipinski definition) is 1. The predicted octanol–water partition coefficient (Wildman–Crippen LogP) is 3.71. The quantitative estimate of drug-likeness (QED) is 0.762. The molecular formula is C18H18BrNO4. The van der Waals surface area contributed by atoms with Crippen molar-refractivity contribution >= 4 is 33.5 Å². The van der Waals surface area contributed by atoms with Gasteiger partial charge in [0.05, 0.1) is 0 Å². The Bertz CT molecular complexity index is 715. The topological polar surface area (TPSA) is 64.6 Å². The van der Waals surface area contributed by atoms with Crippen LogP contribution in [-0.4, -0.2) is 24.6 Å². The van der Waals surface area contributed by atoms with Gasteiger partial charge in [-0.3, -0.25) is 4.79 Å². The number of esters is 1. The number of carbonyl (C=O) groups excluding carboxylic acids is 2. The lowest BCUT2D eigenvalue weighted by molar-refractivity contribution is -0.155. The molecule has 2 aromatic rings. The minimum atomic E-state index is -0.911. The number of benzene rings is 2. The van der Waals surface area contributed by atoms with Gasteiger partial charge in [-0.05, 0) is 55.8 Å². The van der Waals surface area contributed by atoms with Crippen molar-refractivity contribution < 1.29 is 19.1 Å². The molecule has 0 aliphatic rings. The van der Waals surface area contributed by atoms with Crippen LogP contribution in [0.1, 0.15) is 12.5 Å². The van der Waals surface area contributed by atoms with E-state index in [4.69, 9.17) is 9.47 Å². The zero-order chi connectivity index (χ0) is 17.5. The van der Waals surface area contributed by atoms with Gasteiger partial charge in [-0.1, -0.05) is 28.1 Å². The van der Waals surface area contributed by atoms with E-state index in [1.165, 1.54) is 6.92 Å². The molecule has 0 radical (unpaired) electrons. The van der Waals surface area contributed by atoms with Crippen molar-refractivity contribution in [2.75, 3.05) is 11.9 Å². The maximum atomic E-state index is 12.0. The predicted molar refractivity (Wildman–Crippen MR) is 95.0 cm³/mol. The molecule has 6 heteroatoms. The number of anilines is 1. The lowest BCUT2D eigenvalue weighted by Crippen LogP contribution is -2.31. The smallest absolute Gasteiger partial charge is 0.344 e. The fourth-order valence-corrected chi connectivity index (χ4v) is 2.19. The van der Waals surface area contributed by atoms with Gasteiger partial charge < -0.3 is 14.8 Å². The number of amides is 1. The van der Waals surface area contributed by atoms with E-state index in [1.807, 2.05) is 25.1 Å². The molecule has 0 bridgehead atoms. The summed E-state index contributed by atoms with van der Waals surface area (Å²) in [5, 5.41) is 2.71. The third-order valence-electron chi connectivity index (χ3n) is 3.13. The maximum absolute atomic E-state index is 12.0. The number of aryl methyl sites for hydroxylation is 1. The Kier molecular flexibility index (Phi) is 6.37. The van der Waals surface area contributed by atoms with Gasteiger partial charge >= 0.3 is 5.97 Å². The van der Waals surface area contributed by atoms with E-state index < -0.39 is 18.0 Å². The van der Waals surface area contributed by atoms with Gasteiger partial charge in [-0.25, -0.2) is 4.79 Å². The van der Waals surface area contributed by atoms with Crippen molar-refractivity contribution in [2.45, 2.75) is 20.0 Å². The standard InChI is InChI=1S/C18H18BrNO4/c1-12-4-3-5-15(10-12)20-18(22)13(2)24-17(21)11-23-16-8-6-14(19)7-9-16/h3-10,13H,11H2,1-2H3,(H,20,22). The Labute approximate surface area is 149 Å². The number of rotatable bonds is 6. The molecule has 1 atom stereocenters. The molecule has 1 amide bonds. The van der Waals surface area contributed by atoms with Gasteiger partial charge in [0.25, 0.3) is 5.91 Å². The summed E-state index contributed by atoms with van der Waals surface area (Å²) in [5.74, 6) is -0.450. The maximum Gasteiger partial charge on any atom is 0.344 e. The molecule has 0 aliphatic carbocycles. The molecule has 0 aromatic heterocycles. The van der Waals surface area contributed by atoms with Crippen LogP contribution in [0.4, 0.5) is 5.69 Å². The average molecular weight is 392 g/mol. The molecule has 1 unspecified atom stereocenters. The zero-order valence-corrected chi connectivity index (χ0v) is 15.0. The van der Waals surface area contributed by atoms with E-state index in [9.17, 15) is 9.59 Å². The first-order valence-electron chi connectivity index (χ1n) is 7.39. The molecule has 0 heterocycles. The summed E-state index contributed by atoms with van der Waals surface area (Å²) in [4.78, 5) is 23.8. The van der Waals surface area contributed by atoms with Gasteiger partial charge in [0.1, 0.15) is 5.75 Å². The fraction of sp³-hybridized carbons (Fsp3) is 0.222. The SMILES string of the molecule is Cc1cccc(NC(=O)C(C)OC(=O)COc2ccc(Br)cc2)c1. The summed E-state index contributed by atoms with van der Waals surface area (Å²) in [7, 11) is 0. The van der Waals surface area contributed by atoms with Crippen LogP contribution in [0, 0.1) is 6.92 Å². The van der Waals surface area contributed by atoms with E-state index in [0.717, 1.165) is 10.0 Å². The van der Waals surface area contributed by atoms with Crippen LogP contribution >= 0.6 is 15.9 Å². The van der Waals surface area contributed by atoms with Crippen molar-refractivity contribution in [1.82, 2.24) is 0 Å². The molecule has 24 heavy (non-hydrogen) atoms. The Morgan fingerprint density at radius 2 is 1.88 bits per heavy atom. The monoisotopic (exact) mass is 391 g/mol. The zero-order valence-electron chi connectivity index (χ0n) is 13.4. The van der Waals surface area contributed by atoms with Crippen LogP contribution < -0.4 is 10.1 Å². The Balaban J connectivity index is 1.80. The van der Waals surface area contributed by atoms with Gasteiger partial charge in [0.2, 0.25) is 0 Å². The van der Waals surface area contributed by atoms with Crippen LogP contribution in [0.25, 0.3) is 0 Å². The minimum Gasteiger partial charge on any atom is -0.482 e. The summed E-state index contributed by atoms with van der Waals surface area (Å²) in [5.41, 5.74) is 1.69. The number of hydrogen-bond acceptors (Lipinski definition) is 4. The van der Waals surface area contributed by atoms with E-state index in [0.29, 0.717) is 11.4 Å². The first-order valence-corrected chi connectivity index (χ1v) is 8.19. The minimum absolute atomic E-state index is 0.260. The highest BCUT2D eigenvalue weighted by molar-refractivity contribution is 9.10. The molecular weight excluding hydrogens is 374 g/mol. The first kappa shape index (κ1) is 18.0. The molecule has 2 rings (SSSR count). The van der Waals surface area contributed by atoms with Crippen LogP contribution in [0.2, 0.25) is 0 Å². The number of carbonyl (C=O) groups is 2. The van der Waals surface area contributed by atoms with Gasteiger partial charge in [-0.2, -0.15) is 0 Å². The molecule has 0 fully saturated rings. The molecule has 1 N–H and O–H groups in total. The number of nitrogens with one attached hydrogen (secondary N) is 1. The van der Waals surface area contributed by atoms with Crippen LogP contribution in [0.5, 0.6) is 5.75 Å². The highest BCUT2D eigenvalue weighted by Gasteiger charge is 2.18. The first-order chi connectivity index (χ1) is 11.4. The normalized spacial score (nSPS) is 11.5. The van der Waals surface area contributed by atoms with E-state index in [-0.39, 0.29) is 6.61 Å². The highest BCUT2D eigenvalue weighted by atomic mass is 79.9. The molecule has 0 aliphatic heterocycles. The van der Waals surface area contributed by atoms with Crippen molar-refractivity contribution in [3.63, 3.8) is 0 Å².